The molecule has 19 heavy (non-hydrogen) atoms. The third-order valence-electron chi connectivity index (χ3n) is 2.92. The maximum Gasteiger partial charge on any atom is 0.257 e. The quantitative estimate of drug-likeness (QED) is 0.919. The lowest BCUT2D eigenvalue weighted by atomic mass is 10.1. The zero-order valence-electron chi connectivity index (χ0n) is 11.5. The summed E-state index contributed by atoms with van der Waals surface area (Å²) in [5, 5.41) is 10.3. The van der Waals surface area contributed by atoms with Crippen LogP contribution in [0.4, 0.5) is 5.82 Å². The fraction of sp³-hybridized carbons (Fsp3) is 0.357. The molecule has 1 aromatic heterocycles. The van der Waals surface area contributed by atoms with Crippen LogP contribution < -0.4 is 5.32 Å². The third kappa shape index (κ3) is 2.81. The number of carbonyl (C=O) groups is 1. The Morgan fingerprint density at radius 3 is 2.63 bits per heavy atom. The standard InChI is InChI=1S/C14H17N3O2/c1-8(2)12-13(17-19-16-12)15-14(18)11-6-5-9(3)7-10(11)4/h5-8H,1-4H3,(H,15,17,18). The summed E-state index contributed by atoms with van der Waals surface area (Å²) in [4.78, 5) is 12.2. The highest BCUT2D eigenvalue weighted by Crippen LogP contribution is 2.21. The number of anilines is 1. The second-order valence-electron chi connectivity index (χ2n) is 4.93. The summed E-state index contributed by atoms with van der Waals surface area (Å²) < 4.78 is 4.68. The minimum absolute atomic E-state index is 0.140. The first-order valence-corrected chi connectivity index (χ1v) is 6.20. The van der Waals surface area contributed by atoms with E-state index in [1.165, 1.54) is 0 Å². The molecule has 0 aliphatic heterocycles. The van der Waals surface area contributed by atoms with E-state index in [0.717, 1.165) is 11.1 Å². The number of hydrogen-bond acceptors (Lipinski definition) is 4. The summed E-state index contributed by atoms with van der Waals surface area (Å²) >= 11 is 0. The highest BCUT2D eigenvalue weighted by atomic mass is 16.6. The molecule has 0 saturated heterocycles. The molecule has 1 amide bonds. The Balaban J connectivity index is 2.23. The van der Waals surface area contributed by atoms with E-state index in [0.29, 0.717) is 17.1 Å². The van der Waals surface area contributed by atoms with Crippen molar-refractivity contribution in [3.8, 4) is 0 Å². The smallest absolute Gasteiger partial charge is 0.257 e. The Bertz CT molecular complexity index is 602. The molecule has 0 aliphatic carbocycles. The minimum atomic E-state index is -0.199. The average molecular weight is 259 g/mol. The Morgan fingerprint density at radius 2 is 2.00 bits per heavy atom. The molecule has 2 rings (SSSR count). The Kier molecular flexibility index (Phi) is 3.64. The van der Waals surface area contributed by atoms with Gasteiger partial charge in [0.1, 0.15) is 5.69 Å². The zero-order valence-corrected chi connectivity index (χ0v) is 11.5. The van der Waals surface area contributed by atoms with Crippen molar-refractivity contribution in [1.29, 1.82) is 0 Å². The Labute approximate surface area is 112 Å². The molecule has 1 N–H and O–H groups in total. The van der Waals surface area contributed by atoms with E-state index >= 15 is 0 Å². The fourth-order valence-electron chi connectivity index (χ4n) is 1.90. The van der Waals surface area contributed by atoms with Gasteiger partial charge in [-0.2, -0.15) is 0 Å². The molecule has 0 radical (unpaired) electrons. The number of rotatable bonds is 3. The van der Waals surface area contributed by atoms with Crippen molar-refractivity contribution in [3.63, 3.8) is 0 Å². The van der Waals surface area contributed by atoms with E-state index in [1.54, 1.807) is 0 Å². The van der Waals surface area contributed by atoms with Gasteiger partial charge in [0.15, 0.2) is 0 Å². The van der Waals surface area contributed by atoms with Crippen molar-refractivity contribution >= 4 is 11.7 Å². The number of nitrogens with one attached hydrogen (secondary N) is 1. The summed E-state index contributed by atoms with van der Waals surface area (Å²) in [6.07, 6.45) is 0. The molecule has 100 valence electrons. The van der Waals surface area contributed by atoms with Gasteiger partial charge in [0, 0.05) is 11.5 Å². The van der Waals surface area contributed by atoms with E-state index in [1.807, 2.05) is 45.9 Å². The van der Waals surface area contributed by atoms with Crippen LogP contribution in [0.15, 0.2) is 22.8 Å². The molecule has 0 fully saturated rings. The summed E-state index contributed by atoms with van der Waals surface area (Å²) in [7, 11) is 0. The lowest BCUT2D eigenvalue weighted by Gasteiger charge is -2.07. The molecule has 5 nitrogen and oxygen atoms in total. The second kappa shape index (κ2) is 5.22. The molecular formula is C14H17N3O2. The van der Waals surface area contributed by atoms with Crippen LogP contribution in [0, 0.1) is 13.8 Å². The van der Waals surface area contributed by atoms with E-state index < -0.39 is 0 Å². The predicted molar refractivity (Wildman–Crippen MR) is 72.3 cm³/mol. The number of amides is 1. The van der Waals surface area contributed by atoms with Gasteiger partial charge in [-0.25, -0.2) is 4.63 Å². The molecule has 0 unspecified atom stereocenters. The van der Waals surface area contributed by atoms with Gasteiger partial charge in [-0.05, 0) is 30.6 Å². The molecule has 2 aromatic rings. The monoisotopic (exact) mass is 259 g/mol. The van der Waals surface area contributed by atoms with Gasteiger partial charge in [-0.1, -0.05) is 36.7 Å². The topological polar surface area (TPSA) is 68.0 Å². The van der Waals surface area contributed by atoms with Crippen molar-refractivity contribution in [3.05, 3.63) is 40.6 Å². The first-order valence-electron chi connectivity index (χ1n) is 6.20. The van der Waals surface area contributed by atoms with Crippen LogP contribution in [0.25, 0.3) is 0 Å². The molecular weight excluding hydrogens is 242 g/mol. The maximum absolute atomic E-state index is 12.2. The van der Waals surface area contributed by atoms with Crippen molar-refractivity contribution < 1.29 is 9.42 Å². The predicted octanol–water partition coefficient (Wildman–Crippen LogP) is 3.06. The molecule has 0 saturated carbocycles. The van der Waals surface area contributed by atoms with Crippen molar-refractivity contribution in [2.45, 2.75) is 33.6 Å². The van der Waals surface area contributed by atoms with Gasteiger partial charge in [0.25, 0.3) is 5.91 Å². The van der Waals surface area contributed by atoms with Crippen LogP contribution in [-0.4, -0.2) is 16.2 Å². The lowest BCUT2D eigenvalue weighted by molar-refractivity contribution is 0.102. The SMILES string of the molecule is Cc1ccc(C(=O)Nc2nonc2C(C)C)c(C)c1. The Morgan fingerprint density at radius 1 is 1.26 bits per heavy atom. The zero-order chi connectivity index (χ0) is 14.0. The number of nitrogens with zero attached hydrogens (tertiary/aromatic N) is 2. The third-order valence-corrected chi connectivity index (χ3v) is 2.92. The first-order chi connectivity index (χ1) is 8.99. The summed E-state index contributed by atoms with van der Waals surface area (Å²) in [6, 6.07) is 5.69. The number of aromatic nitrogens is 2. The fourth-order valence-corrected chi connectivity index (χ4v) is 1.90. The van der Waals surface area contributed by atoms with Crippen LogP contribution in [0.2, 0.25) is 0 Å². The first kappa shape index (κ1) is 13.3. The van der Waals surface area contributed by atoms with E-state index in [-0.39, 0.29) is 11.8 Å². The largest absolute Gasteiger partial charge is 0.302 e. The number of aryl methyl sites for hydroxylation is 2. The van der Waals surface area contributed by atoms with Crippen molar-refractivity contribution in [2.24, 2.45) is 0 Å². The lowest BCUT2D eigenvalue weighted by Crippen LogP contribution is -2.15. The molecule has 1 aromatic carbocycles. The van der Waals surface area contributed by atoms with Crippen molar-refractivity contribution in [1.82, 2.24) is 10.3 Å². The van der Waals surface area contributed by atoms with Crippen LogP contribution in [0.3, 0.4) is 0 Å². The number of benzene rings is 1. The normalized spacial score (nSPS) is 10.8. The Hall–Kier alpha value is -2.17. The van der Waals surface area contributed by atoms with Gasteiger partial charge in [-0.3, -0.25) is 4.79 Å². The average Bonchev–Trinajstić information content (AvgIpc) is 2.76. The molecule has 0 aliphatic rings. The van der Waals surface area contributed by atoms with E-state index in [2.05, 4.69) is 20.3 Å². The van der Waals surface area contributed by atoms with Gasteiger partial charge in [-0.15, -0.1) is 0 Å². The summed E-state index contributed by atoms with van der Waals surface area (Å²) in [5.74, 6) is 0.329. The van der Waals surface area contributed by atoms with Crippen molar-refractivity contribution in [2.75, 3.05) is 5.32 Å². The molecule has 5 heteroatoms. The number of hydrogen-bond donors (Lipinski definition) is 1. The summed E-state index contributed by atoms with van der Waals surface area (Å²) in [5.41, 5.74) is 3.33. The second-order valence-corrected chi connectivity index (χ2v) is 4.93. The van der Waals surface area contributed by atoms with Crippen LogP contribution in [0.1, 0.15) is 46.9 Å². The highest BCUT2D eigenvalue weighted by molar-refractivity contribution is 6.05. The van der Waals surface area contributed by atoms with Crippen LogP contribution in [-0.2, 0) is 0 Å². The van der Waals surface area contributed by atoms with Gasteiger partial charge >= 0.3 is 0 Å². The van der Waals surface area contributed by atoms with E-state index in [4.69, 9.17) is 0 Å². The van der Waals surface area contributed by atoms with E-state index in [9.17, 15) is 4.79 Å². The van der Waals surface area contributed by atoms with Gasteiger partial charge in [0.05, 0.1) is 0 Å². The minimum Gasteiger partial charge on any atom is -0.302 e. The number of carbonyl (C=O) groups excluding carboxylic acids is 1. The molecule has 0 atom stereocenters. The van der Waals surface area contributed by atoms with Crippen LogP contribution >= 0.6 is 0 Å². The maximum atomic E-state index is 12.2. The highest BCUT2D eigenvalue weighted by Gasteiger charge is 2.17. The van der Waals surface area contributed by atoms with Gasteiger partial charge in [0.2, 0.25) is 5.82 Å². The van der Waals surface area contributed by atoms with Gasteiger partial charge < -0.3 is 5.32 Å². The molecule has 0 bridgehead atoms. The molecule has 1 heterocycles. The molecule has 0 spiro atoms. The summed E-state index contributed by atoms with van der Waals surface area (Å²) in [6.45, 7) is 7.83. The van der Waals surface area contributed by atoms with Crippen LogP contribution in [0.5, 0.6) is 0 Å².